The van der Waals surface area contributed by atoms with E-state index in [9.17, 15) is 9.59 Å². The van der Waals surface area contributed by atoms with Crippen LogP contribution < -0.4 is 10.9 Å². The lowest BCUT2D eigenvalue weighted by Crippen LogP contribution is -2.39. The van der Waals surface area contributed by atoms with E-state index in [0.29, 0.717) is 24.5 Å². The van der Waals surface area contributed by atoms with E-state index >= 15 is 0 Å². The third kappa shape index (κ3) is 4.43. The molecule has 1 aliphatic heterocycles. The minimum Gasteiger partial charge on any atom is -0.325 e. The maximum Gasteiger partial charge on any atom is 0.257 e. The average Bonchev–Trinajstić information content (AvgIpc) is 2.72. The van der Waals surface area contributed by atoms with Crippen LogP contribution >= 0.6 is 0 Å². The lowest BCUT2D eigenvalue weighted by molar-refractivity contribution is -0.116. The fourth-order valence-corrected chi connectivity index (χ4v) is 3.73. The van der Waals surface area contributed by atoms with Crippen molar-refractivity contribution in [3.63, 3.8) is 0 Å². The highest BCUT2D eigenvalue weighted by atomic mass is 16.2. The molecule has 0 spiro atoms. The Bertz CT molecular complexity index is 1060. The van der Waals surface area contributed by atoms with Gasteiger partial charge in [-0.2, -0.15) is 0 Å². The van der Waals surface area contributed by atoms with Crippen molar-refractivity contribution in [2.75, 3.05) is 11.9 Å². The maximum atomic E-state index is 13.0. The lowest BCUT2D eigenvalue weighted by Gasteiger charge is -2.28. The highest BCUT2D eigenvalue weighted by Crippen LogP contribution is 2.17. The van der Waals surface area contributed by atoms with Crippen LogP contribution in [0.3, 0.4) is 0 Å². The topological polar surface area (TPSA) is 67.2 Å². The van der Waals surface area contributed by atoms with Gasteiger partial charge in [0.15, 0.2) is 0 Å². The molecule has 2 heterocycles. The number of anilines is 1. The number of carbonyl (C=O) groups is 1. The van der Waals surface area contributed by atoms with Gasteiger partial charge in [-0.15, -0.1) is 0 Å². The summed E-state index contributed by atoms with van der Waals surface area (Å²) in [4.78, 5) is 32.4. The van der Waals surface area contributed by atoms with Crippen LogP contribution in [-0.4, -0.2) is 26.9 Å². The second kappa shape index (κ2) is 8.41. The van der Waals surface area contributed by atoms with E-state index in [2.05, 4.69) is 27.3 Å². The number of nitrogens with zero attached hydrogens (tertiary/aromatic N) is 3. The first kappa shape index (κ1) is 19.1. The predicted octanol–water partition coefficient (Wildman–Crippen LogP) is 2.75. The minimum absolute atomic E-state index is 0.0342. The average molecular weight is 388 g/mol. The molecule has 0 aliphatic carbocycles. The Balaban J connectivity index is 1.49. The molecule has 6 heteroatoms. The van der Waals surface area contributed by atoms with Gasteiger partial charge in [-0.25, -0.2) is 4.98 Å². The predicted molar refractivity (Wildman–Crippen MR) is 113 cm³/mol. The van der Waals surface area contributed by atoms with Crippen LogP contribution in [0.4, 0.5) is 5.69 Å². The summed E-state index contributed by atoms with van der Waals surface area (Å²) in [5.41, 5.74) is 3.42. The van der Waals surface area contributed by atoms with Gasteiger partial charge < -0.3 is 5.32 Å². The molecule has 2 aromatic carbocycles. The largest absolute Gasteiger partial charge is 0.325 e. The smallest absolute Gasteiger partial charge is 0.257 e. The number of fused-ring (bicyclic) bond motifs is 1. The van der Waals surface area contributed by atoms with Crippen molar-refractivity contribution in [3.8, 4) is 0 Å². The number of aryl methyl sites for hydroxylation is 1. The second-order valence-corrected chi connectivity index (χ2v) is 7.34. The van der Waals surface area contributed by atoms with Gasteiger partial charge >= 0.3 is 0 Å². The van der Waals surface area contributed by atoms with Gasteiger partial charge in [0.2, 0.25) is 5.91 Å². The summed E-state index contributed by atoms with van der Waals surface area (Å²) in [7, 11) is 0. The Hall–Kier alpha value is -3.25. The zero-order valence-corrected chi connectivity index (χ0v) is 16.5. The molecule has 1 amide bonds. The molecular weight excluding hydrogens is 364 g/mol. The molecule has 29 heavy (non-hydrogen) atoms. The molecule has 0 saturated heterocycles. The van der Waals surface area contributed by atoms with Crippen molar-refractivity contribution in [3.05, 3.63) is 93.7 Å². The molecule has 0 unspecified atom stereocenters. The molecule has 148 valence electrons. The second-order valence-electron chi connectivity index (χ2n) is 7.34. The third-order valence-electron chi connectivity index (χ3n) is 5.20. The Labute approximate surface area is 169 Å². The summed E-state index contributed by atoms with van der Waals surface area (Å²) in [6.45, 7) is 4.04. The maximum absolute atomic E-state index is 13.0. The molecule has 4 rings (SSSR count). The Morgan fingerprint density at radius 3 is 2.48 bits per heavy atom. The molecule has 1 N–H and O–H groups in total. The van der Waals surface area contributed by atoms with Gasteiger partial charge in [0, 0.05) is 30.9 Å². The van der Waals surface area contributed by atoms with Gasteiger partial charge in [0.25, 0.3) is 5.56 Å². The fraction of sp³-hybridized carbons (Fsp3) is 0.261. The summed E-state index contributed by atoms with van der Waals surface area (Å²) < 4.78 is 1.48. The molecule has 3 aromatic rings. The minimum atomic E-state index is -0.232. The molecule has 6 nitrogen and oxygen atoms in total. The molecular formula is C23H24N4O2. The van der Waals surface area contributed by atoms with E-state index in [1.165, 1.54) is 10.1 Å². The van der Waals surface area contributed by atoms with Crippen molar-refractivity contribution < 1.29 is 4.79 Å². The number of amides is 1. The summed E-state index contributed by atoms with van der Waals surface area (Å²) in [5.74, 6) is 0.336. The van der Waals surface area contributed by atoms with E-state index in [0.717, 1.165) is 24.3 Å². The number of hydrogen-bond donors (Lipinski definition) is 1. The number of hydrogen-bond acceptors (Lipinski definition) is 4. The molecule has 1 aliphatic rings. The number of para-hydroxylation sites is 1. The summed E-state index contributed by atoms with van der Waals surface area (Å²) >= 11 is 0. The molecule has 1 aromatic heterocycles. The van der Waals surface area contributed by atoms with Crippen LogP contribution in [0.1, 0.15) is 22.6 Å². The quantitative estimate of drug-likeness (QED) is 0.730. The highest BCUT2D eigenvalue weighted by Gasteiger charge is 2.23. The number of nitrogens with one attached hydrogen (secondary N) is 1. The first-order valence-electron chi connectivity index (χ1n) is 9.80. The summed E-state index contributed by atoms with van der Waals surface area (Å²) in [5, 5.41) is 2.82. The van der Waals surface area contributed by atoms with Crippen LogP contribution in [0.15, 0.2) is 65.5 Å². The van der Waals surface area contributed by atoms with Gasteiger partial charge in [0.1, 0.15) is 12.4 Å². The summed E-state index contributed by atoms with van der Waals surface area (Å²) in [6.07, 6.45) is 0.647. The Morgan fingerprint density at radius 2 is 1.76 bits per heavy atom. The van der Waals surface area contributed by atoms with Gasteiger partial charge in [-0.05, 0) is 31.0 Å². The normalized spacial score (nSPS) is 13.7. The van der Waals surface area contributed by atoms with E-state index in [1.54, 1.807) is 6.92 Å². The number of benzene rings is 2. The van der Waals surface area contributed by atoms with E-state index in [-0.39, 0.29) is 18.0 Å². The molecule has 0 fully saturated rings. The zero-order valence-electron chi connectivity index (χ0n) is 16.5. The number of carbonyl (C=O) groups excluding carboxylic acids is 1. The van der Waals surface area contributed by atoms with Crippen molar-refractivity contribution >= 4 is 11.6 Å². The first-order chi connectivity index (χ1) is 14.1. The Morgan fingerprint density at radius 1 is 1.07 bits per heavy atom. The van der Waals surface area contributed by atoms with E-state index < -0.39 is 0 Å². The molecule has 0 atom stereocenters. The first-order valence-corrected chi connectivity index (χ1v) is 9.80. The molecule has 0 radical (unpaired) electrons. The van der Waals surface area contributed by atoms with Crippen LogP contribution in [0.5, 0.6) is 0 Å². The van der Waals surface area contributed by atoms with Crippen molar-refractivity contribution in [1.29, 1.82) is 0 Å². The van der Waals surface area contributed by atoms with Crippen LogP contribution in [0.25, 0.3) is 0 Å². The van der Waals surface area contributed by atoms with Crippen molar-refractivity contribution in [1.82, 2.24) is 14.5 Å². The Kier molecular flexibility index (Phi) is 5.53. The number of rotatable bonds is 5. The van der Waals surface area contributed by atoms with Crippen molar-refractivity contribution in [2.45, 2.75) is 33.0 Å². The van der Waals surface area contributed by atoms with Crippen LogP contribution in [-0.2, 0) is 30.8 Å². The highest BCUT2D eigenvalue weighted by molar-refractivity contribution is 5.90. The van der Waals surface area contributed by atoms with Crippen molar-refractivity contribution in [2.24, 2.45) is 0 Å². The monoisotopic (exact) mass is 388 g/mol. The molecule has 0 saturated carbocycles. The van der Waals surface area contributed by atoms with Gasteiger partial charge in [0.05, 0.1) is 5.69 Å². The van der Waals surface area contributed by atoms with Gasteiger partial charge in [-0.3, -0.25) is 19.1 Å². The third-order valence-corrected chi connectivity index (χ3v) is 5.20. The number of aromatic nitrogens is 2. The zero-order chi connectivity index (χ0) is 20.2. The van der Waals surface area contributed by atoms with E-state index in [4.69, 9.17) is 0 Å². The van der Waals surface area contributed by atoms with Gasteiger partial charge in [-0.1, -0.05) is 48.5 Å². The van der Waals surface area contributed by atoms with Crippen LogP contribution in [0.2, 0.25) is 0 Å². The fourth-order valence-electron chi connectivity index (χ4n) is 3.73. The SMILES string of the molecule is Cc1nc2c(c(=O)n1CC(=O)Nc1ccccc1)CCN(Cc1ccccc1)C2. The standard InChI is InChI=1S/C23H24N4O2/c1-17-24-21-15-26(14-18-8-4-2-5-9-18)13-12-20(21)23(29)27(17)16-22(28)25-19-10-6-3-7-11-19/h2-11H,12-16H2,1H3,(H,25,28). The molecule has 0 bridgehead atoms. The van der Waals surface area contributed by atoms with Crippen LogP contribution in [0, 0.1) is 6.92 Å². The lowest BCUT2D eigenvalue weighted by atomic mass is 10.1. The summed E-state index contributed by atoms with van der Waals surface area (Å²) in [6, 6.07) is 19.5. The van der Waals surface area contributed by atoms with E-state index in [1.807, 2.05) is 48.5 Å².